The molecule has 5 aromatic rings. The third-order valence-corrected chi connectivity index (χ3v) is 5.58. The molecule has 0 saturated carbocycles. The Bertz CT molecular complexity index is 1220. The molecule has 1 aromatic heterocycles. The van der Waals surface area contributed by atoms with Crippen LogP contribution in [0.4, 0.5) is 0 Å². The van der Waals surface area contributed by atoms with E-state index >= 15 is 0 Å². The van der Waals surface area contributed by atoms with Crippen LogP contribution < -0.4 is 0 Å². The average molecular weight is 399 g/mol. The van der Waals surface area contributed by atoms with Crippen molar-refractivity contribution in [3.8, 4) is 22.3 Å². The number of furan rings is 1. The first-order valence-electron chi connectivity index (χ1n) is 8.57. The fourth-order valence-corrected chi connectivity index (χ4v) is 4.28. The van der Waals surface area contributed by atoms with Crippen LogP contribution in [0.1, 0.15) is 0 Å². The van der Waals surface area contributed by atoms with Gasteiger partial charge in [0.2, 0.25) is 0 Å². The maximum Gasteiger partial charge on any atom is 0.144 e. The molecule has 4 aromatic carbocycles. The van der Waals surface area contributed by atoms with E-state index in [4.69, 9.17) is 4.42 Å². The summed E-state index contributed by atoms with van der Waals surface area (Å²) in [6.45, 7) is 0. The molecule has 0 aliphatic heterocycles. The molecule has 0 fully saturated rings. The van der Waals surface area contributed by atoms with Gasteiger partial charge in [0.1, 0.15) is 11.2 Å². The molecule has 0 unspecified atom stereocenters. The lowest BCUT2D eigenvalue weighted by Crippen LogP contribution is -1.87. The van der Waals surface area contributed by atoms with Crippen molar-refractivity contribution in [1.82, 2.24) is 0 Å². The molecule has 0 radical (unpaired) electrons. The van der Waals surface area contributed by atoms with Crippen molar-refractivity contribution in [2.75, 3.05) is 0 Å². The van der Waals surface area contributed by atoms with Gasteiger partial charge in [-0.3, -0.25) is 0 Å². The van der Waals surface area contributed by atoms with Gasteiger partial charge in [0.15, 0.2) is 0 Å². The number of hydrogen-bond acceptors (Lipinski definition) is 1. The van der Waals surface area contributed by atoms with Crippen molar-refractivity contribution in [3.05, 3.63) is 95.5 Å². The molecule has 5 rings (SSSR count). The monoisotopic (exact) mass is 398 g/mol. The number of benzene rings is 4. The molecule has 0 bridgehead atoms. The van der Waals surface area contributed by atoms with Crippen LogP contribution in [0.2, 0.25) is 0 Å². The van der Waals surface area contributed by atoms with Crippen molar-refractivity contribution >= 4 is 37.9 Å². The van der Waals surface area contributed by atoms with Crippen molar-refractivity contribution in [1.29, 1.82) is 0 Å². The van der Waals surface area contributed by atoms with Gasteiger partial charge in [-0.1, -0.05) is 78.9 Å². The summed E-state index contributed by atoms with van der Waals surface area (Å²) in [6, 6.07) is 31.3. The Hall–Kier alpha value is -2.84. The third-order valence-electron chi connectivity index (χ3n) is 4.75. The van der Waals surface area contributed by atoms with Gasteiger partial charge in [-0.25, -0.2) is 0 Å². The number of hydrogen-bond donors (Lipinski definition) is 0. The van der Waals surface area contributed by atoms with E-state index in [1.54, 1.807) is 0 Å². The highest BCUT2D eigenvalue weighted by molar-refractivity contribution is 9.10. The van der Waals surface area contributed by atoms with Crippen LogP contribution in [0.15, 0.2) is 99.9 Å². The Kier molecular flexibility index (Phi) is 3.65. The van der Waals surface area contributed by atoms with Gasteiger partial charge in [-0.2, -0.15) is 0 Å². The van der Waals surface area contributed by atoms with Crippen LogP contribution in [0.5, 0.6) is 0 Å². The summed E-state index contributed by atoms with van der Waals surface area (Å²) in [6.07, 6.45) is 0. The highest BCUT2D eigenvalue weighted by atomic mass is 79.9. The van der Waals surface area contributed by atoms with Gasteiger partial charge in [0.25, 0.3) is 0 Å². The van der Waals surface area contributed by atoms with Crippen LogP contribution in [-0.2, 0) is 0 Å². The number of halogens is 1. The molecular weight excluding hydrogens is 384 g/mol. The molecule has 2 heteroatoms. The minimum Gasteiger partial charge on any atom is -0.455 e. The zero-order chi connectivity index (χ0) is 17.5. The van der Waals surface area contributed by atoms with E-state index in [1.165, 1.54) is 11.1 Å². The third kappa shape index (κ3) is 2.38. The minimum atomic E-state index is 0.914. The molecular formula is C24H15BrO. The summed E-state index contributed by atoms with van der Waals surface area (Å²) < 4.78 is 7.34. The Morgan fingerprint density at radius 1 is 0.615 bits per heavy atom. The van der Waals surface area contributed by atoms with Crippen LogP contribution >= 0.6 is 15.9 Å². The highest BCUT2D eigenvalue weighted by Crippen LogP contribution is 2.45. The van der Waals surface area contributed by atoms with Crippen molar-refractivity contribution < 1.29 is 4.42 Å². The first-order chi connectivity index (χ1) is 12.8. The van der Waals surface area contributed by atoms with Gasteiger partial charge < -0.3 is 4.42 Å². The van der Waals surface area contributed by atoms with E-state index < -0.39 is 0 Å². The second-order valence-corrected chi connectivity index (χ2v) is 7.11. The van der Waals surface area contributed by atoms with Gasteiger partial charge in [0, 0.05) is 20.8 Å². The van der Waals surface area contributed by atoms with E-state index in [0.29, 0.717) is 0 Å². The molecule has 0 spiro atoms. The first kappa shape index (κ1) is 15.4. The summed E-state index contributed by atoms with van der Waals surface area (Å²) in [5, 5.41) is 2.28. The van der Waals surface area contributed by atoms with Crippen molar-refractivity contribution in [3.63, 3.8) is 0 Å². The lowest BCUT2D eigenvalue weighted by molar-refractivity contribution is 0.670. The van der Waals surface area contributed by atoms with Crippen LogP contribution in [0.3, 0.4) is 0 Å². The second kappa shape index (κ2) is 6.15. The number of fused-ring (bicyclic) bond motifs is 3. The van der Waals surface area contributed by atoms with Gasteiger partial charge in [0.05, 0.1) is 0 Å². The summed E-state index contributed by atoms with van der Waals surface area (Å²) >= 11 is 3.87. The fraction of sp³-hybridized carbons (Fsp3) is 0. The Morgan fingerprint density at radius 3 is 1.96 bits per heavy atom. The van der Waals surface area contributed by atoms with E-state index in [9.17, 15) is 0 Å². The predicted molar refractivity (Wildman–Crippen MR) is 112 cm³/mol. The predicted octanol–water partition coefficient (Wildman–Crippen LogP) is 7.68. The quantitative estimate of drug-likeness (QED) is 0.297. The molecule has 0 atom stereocenters. The molecule has 1 nitrogen and oxygen atoms in total. The summed E-state index contributed by atoms with van der Waals surface area (Å²) in [5.74, 6) is 0. The Labute approximate surface area is 160 Å². The zero-order valence-electron chi connectivity index (χ0n) is 13.9. The maximum absolute atomic E-state index is 6.28. The molecule has 124 valence electrons. The summed E-state index contributed by atoms with van der Waals surface area (Å²) in [7, 11) is 0. The molecule has 0 saturated heterocycles. The minimum absolute atomic E-state index is 0.914. The Balaban J connectivity index is 1.96. The van der Waals surface area contributed by atoms with Gasteiger partial charge >= 0.3 is 0 Å². The summed E-state index contributed by atoms with van der Waals surface area (Å²) in [5.41, 5.74) is 6.42. The molecule has 1 heterocycles. The van der Waals surface area contributed by atoms with Gasteiger partial charge in [-0.15, -0.1) is 0 Å². The standard InChI is InChI=1S/C24H15BrO/c25-23-19(16-9-3-1-4-10-16)15-20-18-13-7-8-14-21(18)26-24(20)22(23)17-11-5-2-6-12-17/h1-15H. The molecule has 0 amide bonds. The normalized spacial score (nSPS) is 11.3. The molecule has 0 aliphatic carbocycles. The van der Waals surface area contributed by atoms with Crippen molar-refractivity contribution in [2.24, 2.45) is 0 Å². The van der Waals surface area contributed by atoms with Gasteiger partial charge in [-0.05, 0) is 44.8 Å². The van der Waals surface area contributed by atoms with E-state index in [2.05, 4.69) is 82.7 Å². The first-order valence-corrected chi connectivity index (χ1v) is 9.37. The molecule has 26 heavy (non-hydrogen) atoms. The molecule has 0 aliphatic rings. The second-order valence-electron chi connectivity index (χ2n) is 6.32. The SMILES string of the molecule is Brc1c(-c2ccccc2)cc2c(oc3ccccc32)c1-c1ccccc1. The largest absolute Gasteiger partial charge is 0.455 e. The summed E-state index contributed by atoms with van der Waals surface area (Å²) in [4.78, 5) is 0. The average Bonchev–Trinajstić information content (AvgIpc) is 3.07. The van der Waals surface area contributed by atoms with E-state index in [1.807, 2.05) is 24.3 Å². The lowest BCUT2D eigenvalue weighted by Gasteiger charge is -2.12. The highest BCUT2D eigenvalue weighted by Gasteiger charge is 2.19. The van der Waals surface area contributed by atoms with Crippen LogP contribution in [-0.4, -0.2) is 0 Å². The Morgan fingerprint density at radius 2 is 1.23 bits per heavy atom. The van der Waals surface area contributed by atoms with Crippen molar-refractivity contribution in [2.45, 2.75) is 0 Å². The number of para-hydroxylation sites is 1. The zero-order valence-corrected chi connectivity index (χ0v) is 15.5. The van der Waals surface area contributed by atoms with Crippen LogP contribution in [0, 0.1) is 0 Å². The molecule has 0 N–H and O–H groups in total. The van der Waals surface area contributed by atoms with Crippen LogP contribution in [0.25, 0.3) is 44.2 Å². The fourth-order valence-electron chi connectivity index (χ4n) is 3.53. The maximum atomic E-state index is 6.28. The van der Waals surface area contributed by atoms with E-state index in [0.717, 1.165) is 37.5 Å². The lowest BCUT2D eigenvalue weighted by atomic mass is 9.96. The topological polar surface area (TPSA) is 13.1 Å². The number of rotatable bonds is 2. The smallest absolute Gasteiger partial charge is 0.144 e. The van der Waals surface area contributed by atoms with E-state index in [-0.39, 0.29) is 0 Å².